The fraction of sp³-hybridized carbons (Fsp3) is 0.316. The highest BCUT2D eigenvalue weighted by atomic mass is 127. The average molecular weight is 499 g/mol. The predicted molar refractivity (Wildman–Crippen MR) is 116 cm³/mol. The minimum atomic E-state index is 0. The largest absolute Gasteiger partial charge is 0.492 e. The summed E-state index contributed by atoms with van der Waals surface area (Å²) in [6.45, 7) is 2.34. The zero-order valence-electron chi connectivity index (χ0n) is 15.2. The van der Waals surface area contributed by atoms with Crippen molar-refractivity contribution in [2.24, 2.45) is 10.7 Å². The molecule has 2 aliphatic heterocycles. The molecule has 2 aromatic rings. The van der Waals surface area contributed by atoms with Crippen molar-refractivity contribution < 1.29 is 23.7 Å². The molecule has 0 bridgehead atoms. The van der Waals surface area contributed by atoms with Gasteiger partial charge in [0.05, 0.1) is 19.8 Å². The van der Waals surface area contributed by atoms with Crippen molar-refractivity contribution in [1.29, 1.82) is 0 Å². The van der Waals surface area contributed by atoms with E-state index in [1.807, 2.05) is 30.3 Å². The molecule has 2 aliphatic rings. The number of nitrogens with two attached hydrogens (primary N) is 1. The highest BCUT2D eigenvalue weighted by molar-refractivity contribution is 14.0. The number of anilines is 1. The van der Waals surface area contributed by atoms with Crippen LogP contribution in [0.2, 0.25) is 0 Å². The lowest BCUT2D eigenvalue weighted by molar-refractivity contribution is 0.173. The second-order valence-corrected chi connectivity index (χ2v) is 5.97. The molecule has 150 valence electrons. The Kier molecular flexibility index (Phi) is 6.90. The van der Waals surface area contributed by atoms with Crippen LogP contribution in [0, 0.1) is 0 Å². The molecule has 0 aliphatic carbocycles. The summed E-state index contributed by atoms with van der Waals surface area (Å²) in [6, 6.07) is 11.0. The van der Waals surface area contributed by atoms with E-state index in [4.69, 9.17) is 29.4 Å². The van der Waals surface area contributed by atoms with Crippen LogP contribution in [0.25, 0.3) is 0 Å². The van der Waals surface area contributed by atoms with E-state index in [-0.39, 0.29) is 30.8 Å². The maximum absolute atomic E-state index is 5.94. The van der Waals surface area contributed by atoms with E-state index in [1.165, 1.54) is 0 Å². The molecular formula is C19H22IN3O5. The summed E-state index contributed by atoms with van der Waals surface area (Å²) in [5.41, 5.74) is 6.73. The third-order valence-electron chi connectivity index (χ3n) is 4.01. The zero-order valence-corrected chi connectivity index (χ0v) is 17.5. The Hall–Kier alpha value is -2.56. The van der Waals surface area contributed by atoms with E-state index in [0.29, 0.717) is 49.6 Å². The molecule has 0 radical (unpaired) electrons. The topological polar surface area (TPSA) is 96.6 Å². The molecule has 0 atom stereocenters. The molecule has 2 heterocycles. The summed E-state index contributed by atoms with van der Waals surface area (Å²) in [5, 5.41) is 3.05. The first-order valence-corrected chi connectivity index (χ1v) is 8.77. The highest BCUT2D eigenvalue weighted by Crippen LogP contribution is 2.35. The Morgan fingerprint density at radius 1 is 0.964 bits per heavy atom. The van der Waals surface area contributed by atoms with Crippen molar-refractivity contribution in [3.8, 4) is 28.7 Å². The van der Waals surface area contributed by atoms with Gasteiger partial charge >= 0.3 is 0 Å². The second kappa shape index (κ2) is 9.58. The smallest absolute Gasteiger partial charge is 0.231 e. The van der Waals surface area contributed by atoms with Crippen molar-refractivity contribution in [3.63, 3.8) is 0 Å². The van der Waals surface area contributed by atoms with Crippen molar-refractivity contribution in [3.05, 3.63) is 36.4 Å². The summed E-state index contributed by atoms with van der Waals surface area (Å²) >= 11 is 0. The van der Waals surface area contributed by atoms with Crippen LogP contribution < -0.4 is 34.7 Å². The first-order valence-electron chi connectivity index (χ1n) is 8.77. The van der Waals surface area contributed by atoms with Crippen molar-refractivity contribution in [1.82, 2.24) is 0 Å². The van der Waals surface area contributed by atoms with E-state index in [0.717, 1.165) is 23.6 Å². The number of nitrogens with one attached hydrogen (secondary N) is 1. The fourth-order valence-electron chi connectivity index (χ4n) is 2.72. The number of hydrogen-bond donors (Lipinski definition) is 2. The molecule has 2 aromatic carbocycles. The van der Waals surface area contributed by atoms with Crippen LogP contribution in [0.4, 0.5) is 5.69 Å². The number of rotatable bonds is 5. The van der Waals surface area contributed by atoms with Gasteiger partial charge < -0.3 is 34.7 Å². The first-order chi connectivity index (χ1) is 13.3. The molecule has 0 fully saturated rings. The van der Waals surface area contributed by atoms with Crippen molar-refractivity contribution >= 4 is 35.6 Å². The van der Waals surface area contributed by atoms with E-state index < -0.39 is 0 Å². The summed E-state index contributed by atoms with van der Waals surface area (Å²) in [6.07, 6.45) is 0.865. The minimum Gasteiger partial charge on any atom is -0.492 e. The molecule has 8 nitrogen and oxygen atoms in total. The Bertz CT molecular complexity index is 846. The number of hydrogen-bond acceptors (Lipinski definition) is 6. The van der Waals surface area contributed by atoms with Crippen LogP contribution in [-0.4, -0.2) is 39.1 Å². The van der Waals surface area contributed by atoms with Crippen LogP contribution in [0.1, 0.15) is 6.42 Å². The molecule has 3 N–H and O–H groups in total. The van der Waals surface area contributed by atoms with Crippen LogP contribution >= 0.6 is 24.0 Å². The summed E-state index contributed by atoms with van der Waals surface area (Å²) in [4.78, 5) is 4.27. The monoisotopic (exact) mass is 499 g/mol. The normalized spacial score (nSPS) is 14.6. The van der Waals surface area contributed by atoms with Gasteiger partial charge in [0.1, 0.15) is 12.4 Å². The molecule has 0 saturated carbocycles. The molecule has 0 amide bonds. The summed E-state index contributed by atoms with van der Waals surface area (Å²) in [5.74, 6) is 3.86. The minimum absolute atomic E-state index is 0. The van der Waals surface area contributed by atoms with Gasteiger partial charge in [-0.15, -0.1) is 24.0 Å². The highest BCUT2D eigenvalue weighted by Gasteiger charge is 2.13. The zero-order chi connectivity index (χ0) is 18.5. The van der Waals surface area contributed by atoms with Crippen LogP contribution in [0.3, 0.4) is 0 Å². The lowest BCUT2D eigenvalue weighted by atomic mass is 10.3. The molecule has 0 spiro atoms. The number of nitrogens with zero attached hydrogens (tertiary/aromatic N) is 1. The molecule has 4 rings (SSSR count). The first kappa shape index (κ1) is 20.2. The van der Waals surface area contributed by atoms with Gasteiger partial charge in [-0.1, -0.05) is 0 Å². The van der Waals surface area contributed by atoms with Gasteiger partial charge in [0, 0.05) is 24.2 Å². The van der Waals surface area contributed by atoms with Crippen molar-refractivity contribution in [2.75, 3.05) is 38.5 Å². The SMILES string of the molecule is I.NC(=NCCOc1ccc2c(c1)OCO2)Nc1ccc2c(c1)OCCCO2. The van der Waals surface area contributed by atoms with Crippen LogP contribution in [0.5, 0.6) is 28.7 Å². The van der Waals surface area contributed by atoms with Gasteiger partial charge in [-0.3, -0.25) is 0 Å². The Morgan fingerprint density at radius 3 is 2.57 bits per heavy atom. The maximum Gasteiger partial charge on any atom is 0.231 e. The molecule has 9 heteroatoms. The Morgan fingerprint density at radius 2 is 1.68 bits per heavy atom. The molecule has 28 heavy (non-hydrogen) atoms. The average Bonchev–Trinajstić information content (AvgIpc) is 3.02. The van der Waals surface area contributed by atoms with E-state index in [2.05, 4.69) is 10.3 Å². The number of halogens is 1. The van der Waals surface area contributed by atoms with E-state index in [1.54, 1.807) is 6.07 Å². The third-order valence-corrected chi connectivity index (χ3v) is 4.01. The Labute approximate surface area is 180 Å². The Balaban J connectivity index is 0.00000225. The van der Waals surface area contributed by atoms with Gasteiger partial charge in [0.2, 0.25) is 6.79 Å². The lowest BCUT2D eigenvalue weighted by Gasteiger charge is -2.11. The van der Waals surface area contributed by atoms with E-state index >= 15 is 0 Å². The summed E-state index contributed by atoms with van der Waals surface area (Å²) < 4.78 is 27.5. The quantitative estimate of drug-likeness (QED) is 0.283. The number of guanidine groups is 1. The predicted octanol–water partition coefficient (Wildman–Crippen LogP) is 3.00. The van der Waals surface area contributed by atoms with Gasteiger partial charge in [0.15, 0.2) is 29.0 Å². The van der Waals surface area contributed by atoms with Crippen LogP contribution in [-0.2, 0) is 0 Å². The number of benzene rings is 2. The number of fused-ring (bicyclic) bond motifs is 2. The summed E-state index contributed by atoms with van der Waals surface area (Å²) in [7, 11) is 0. The number of ether oxygens (including phenoxy) is 5. The van der Waals surface area contributed by atoms with Crippen molar-refractivity contribution in [2.45, 2.75) is 6.42 Å². The van der Waals surface area contributed by atoms with Gasteiger partial charge in [-0.05, 0) is 24.3 Å². The standard InChI is InChI=1S/C19H21N3O5.HI/c20-19(22-13-2-4-15-17(10-13)25-8-1-7-24-15)21-6-9-23-14-3-5-16-18(11-14)27-12-26-16;/h2-5,10-11H,1,6-9,12H2,(H3,20,21,22);1H. The molecule has 0 unspecified atom stereocenters. The molecule has 0 aromatic heterocycles. The van der Waals surface area contributed by atoms with Gasteiger partial charge in [0.25, 0.3) is 0 Å². The van der Waals surface area contributed by atoms with E-state index in [9.17, 15) is 0 Å². The second-order valence-electron chi connectivity index (χ2n) is 5.97. The molecular weight excluding hydrogens is 477 g/mol. The number of aliphatic imine (C=N–C) groups is 1. The maximum atomic E-state index is 5.94. The van der Waals surface area contributed by atoms with Gasteiger partial charge in [-0.25, -0.2) is 4.99 Å². The third kappa shape index (κ3) is 5.03. The van der Waals surface area contributed by atoms with Crippen LogP contribution in [0.15, 0.2) is 41.4 Å². The lowest BCUT2D eigenvalue weighted by Crippen LogP contribution is -2.23. The molecule has 0 saturated heterocycles. The fourth-order valence-corrected chi connectivity index (χ4v) is 2.72. The van der Waals surface area contributed by atoms with Gasteiger partial charge in [-0.2, -0.15) is 0 Å².